The van der Waals surface area contributed by atoms with Gasteiger partial charge in [0.05, 0.1) is 11.0 Å². The number of hydrogen-bond acceptors (Lipinski definition) is 1. The van der Waals surface area contributed by atoms with Crippen LogP contribution in [-0.4, -0.2) is 28.4 Å². The number of hydrogen-bond donors (Lipinski definition) is 1. The molecule has 0 bridgehead atoms. The minimum absolute atomic E-state index is 0.296. The number of benzene rings is 5. The number of carbonyl (C=O) groups is 1. The van der Waals surface area contributed by atoms with Gasteiger partial charge in [-0.25, -0.2) is 4.79 Å². The number of allylic oxidation sites excluding steroid dienone is 1. The molecule has 3 nitrogen and oxygen atoms in total. The molecule has 0 radical (unpaired) electrons. The summed E-state index contributed by atoms with van der Waals surface area (Å²) < 4.78 is 2.17. The Morgan fingerprint density at radius 1 is 0.848 bits per heavy atom. The Hall–Kier alpha value is -3.98. The van der Waals surface area contributed by atoms with Gasteiger partial charge in [-0.1, -0.05) is 54.6 Å². The van der Waals surface area contributed by atoms with Crippen molar-refractivity contribution < 1.29 is 14.5 Å². The highest BCUT2D eigenvalue weighted by molar-refractivity contribution is 6.24. The van der Waals surface area contributed by atoms with Crippen LogP contribution in [0.3, 0.4) is 0 Å². The second kappa shape index (κ2) is 6.76. The van der Waals surface area contributed by atoms with Gasteiger partial charge in [-0.3, -0.25) is 0 Å². The molecule has 0 aromatic heterocycles. The van der Waals surface area contributed by atoms with Gasteiger partial charge in [0.2, 0.25) is 5.69 Å². The van der Waals surface area contributed by atoms with E-state index in [1.165, 1.54) is 37.9 Å². The van der Waals surface area contributed by atoms with Crippen molar-refractivity contribution in [2.45, 2.75) is 19.3 Å². The third-order valence-corrected chi connectivity index (χ3v) is 7.26. The monoisotopic (exact) mass is 430 g/mol. The topological polar surface area (TPSA) is 40.3 Å². The van der Waals surface area contributed by atoms with Gasteiger partial charge in [0.15, 0.2) is 5.71 Å². The van der Waals surface area contributed by atoms with E-state index in [0.29, 0.717) is 5.56 Å². The number of carboxylic acid groups (broad SMARTS) is 1. The van der Waals surface area contributed by atoms with E-state index in [1.54, 1.807) is 6.07 Å². The van der Waals surface area contributed by atoms with Crippen LogP contribution in [0.25, 0.3) is 38.4 Å². The van der Waals surface area contributed by atoms with E-state index in [9.17, 15) is 9.90 Å². The molecule has 1 aliphatic heterocycles. The summed E-state index contributed by atoms with van der Waals surface area (Å²) in [7, 11) is 2.05. The summed E-state index contributed by atoms with van der Waals surface area (Å²) >= 11 is 0. The first-order valence-corrected chi connectivity index (χ1v) is 11.2. The van der Waals surface area contributed by atoms with Crippen LogP contribution in [0.5, 0.6) is 0 Å². The fourth-order valence-corrected chi connectivity index (χ4v) is 5.54. The normalized spacial score (nSPS) is 15.4. The fourth-order valence-electron chi connectivity index (χ4n) is 5.54. The molecule has 0 aliphatic carbocycles. The Balaban J connectivity index is 1.50. The Kier molecular flexibility index (Phi) is 4.03. The molecule has 0 atom stereocenters. The van der Waals surface area contributed by atoms with Crippen LogP contribution in [0.2, 0.25) is 0 Å². The molecule has 0 amide bonds. The lowest BCUT2D eigenvalue weighted by Gasteiger charge is -2.16. The van der Waals surface area contributed by atoms with Crippen LogP contribution in [0, 0.1) is 0 Å². The summed E-state index contributed by atoms with van der Waals surface area (Å²) in [5.41, 5.74) is 4.45. The van der Waals surface area contributed by atoms with Crippen LogP contribution in [0.4, 0.5) is 5.69 Å². The lowest BCUT2D eigenvalue weighted by molar-refractivity contribution is -0.401. The second-order valence-corrected chi connectivity index (χ2v) is 9.45. The van der Waals surface area contributed by atoms with Crippen molar-refractivity contribution in [3.63, 3.8) is 0 Å². The predicted octanol–water partition coefficient (Wildman–Crippen LogP) is 7.00. The summed E-state index contributed by atoms with van der Waals surface area (Å²) in [6.07, 6.45) is 4.38. The van der Waals surface area contributed by atoms with E-state index in [2.05, 4.69) is 92.2 Å². The summed E-state index contributed by atoms with van der Waals surface area (Å²) in [5.74, 6) is -0.895. The molecule has 160 valence electrons. The molecule has 1 aliphatic rings. The molecular formula is C30H24NO2+. The van der Waals surface area contributed by atoms with E-state index in [4.69, 9.17) is 0 Å². The van der Waals surface area contributed by atoms with Gasteiger partial charge in [0.1, 0.15) is 7.05 Å². The van der Waals surface area contributed by atoms with Crippen LogP contribution in [0.15, 0.2) is 78.9 Å². The Morgan fingerprint density at radius 2 is 1.52 bits per heavy atom. The highest BCUT2D eigenvalue weighted by atomic mass is 16.4. The van der Waals surface area contributed by atoms with Gasteiger partial charge in [-0.2, -0.15) is 4.58 Å². The van der Waals surface area contributed by atoms with Crippen molar-refractivity contribution in [2.75, 3.05) is 7.05 Å². The molecule has 0 unspecified atom stereocenters. The zero-order valence-corrected chi connectivity index (χ0v) is 18.9. The van der Waals surface area contributed by atoms with E-state index in [1.807, 2.05) is 12.1 Å². The van der Waals surface area contributed by atoms with Crippen molar-refractivity contribution in [2.24, 2.45) is 0 Å². The maximum atomic E-state index is 11.5. The average Bonchev–Trinajstić information content (AvgIpc) is 3.01. The quantitative estimate of drug-likeness (QED) is 0.247. The number of aromatic carboxylic acids is 1. The van der Waals surface area contributed by atoms with Crippen LogP contribution in [-0.2, 0) is 5.41 Å². The minimum Gasteiger partial charge on any atom is -0.478 e. The zero-order chi connectivity index (χ0) is 22.9. The van der Waals surface area contributed by atoms with Crippen molar-refractivity contribution in [1.29, 1.82) is 0 Å². The Labute approximate surface area is 192 Å². The lowest BCUT2D eigenvalue weighted by Crippen LogP contribution is -2.26. The van der Waals surface area contributed by atoms with Gasteiger partial charge < -0.3 is 5.11 Å². The van der Waals surface area contributed by atoms with E-state index in [-0.39, 0.29) is 5.41 Å². The van der Waals surface area contributed by atoms with Crippen molar-refractivity contribution in [3.8, 4) is 0 Å². The summed E-state index contributed by atoms with van der Waals surface area (Å²) in [6.45, 7) is 4.31. The summed E-state index contributed by atoms with van der Waals surface area (Å²) in [4.78, 5) is 11.5. The summed E-state index contributed by atoms with van der Waals surface area (Å²) in [6, 6.07) is 25.1. The second-order valence-electron chi connectivity index (χ2n) is 9.45. The molecule has 3 heteroatoms. The van der Waals surface area contributed by atoms with Gasteiger partial charge in [0, 0.05) is 17.7 Å². The molecule has 5 aromatic rings. The average molecular weight is 431 g/mol. The fraction of sp³-hybridized carbons (Fsp3) is 0.133. The maximum Gasteiger partial charge on any atom is 0.335 e. The van der Waals surface area contributed by atoms with Gasteiger partial charge in [0.25, 0.3) is 0 Å². The first kappa shape index (κ1) is 19.7. The molecule has 5 aromatic carbocycles. The molecule has 1 N–H and O–H groups in total. The third-order valence-electron chi connectivity index (χ3n) is 7.26. The van der Waals surface area contributed by atoms with Crippen molar-refractivity contribution in [3.05, 3.63) is 95.6 Å². The summed E-state index contributed by atoms with van der Waals surface area (Å²) in [5, 5.41) is 17.1. The highest BCUT2D eigenvalue weighted by Crippen LogP contribution is 2.41. The number of fused-ring (bicyclic) bond motifs is 1. The molecule has 33 heavy (non-hydrogen) atoms. The Morgan fingerprint density at radius 3 is 2.24 bits per heavy atom. The largest absolute Gasteiger partial charge is 0.478 e. The molecule has 0 spiro atoms. The molecule has 0 fully saturated rings. The van der Waals surface area contributed by atoms with E-state index < -0.39 is 5.97 Å². The number of carboxylic acids is 1. The first-order valence-electron chi connectivity index (χ1n) is 11.2. The Bertz CT molecular complexity index is 1650. The SMILES string of the molecule is C[N+]1=C(/C=C/c2ccc3ccc4cccc5ccc2c3c45)C(C)(C)c2cc(C(=O)O)ccc21. The molecule has 0 saturated carbocycles. The molecule has 6 rings (SSSR count). The van der Waals surface area contributed by atoms with Crippen LogP contribution >= 0.6 is 0 Å². The van der Waals surface area contributed by atoms with Crippen LogP contribution < -0.4 is 0 Å². The first-order chi connectivity index (χ1) is 15.9. The predicted molar refractivity (Wildman–Crippen MR) is 136 cm³/mol. The van der Waals surface area contributed by atoms with E-state index >= 15 is 0 Å². The zero-order valence-electron chi connectivity index (χ0n) is 18.9. The number of rotatable bonds is 3. The minimum atomic E-state index is -0.895. The van der Waals surface area contributed by atoms with Crippen molar-refractivity contribution in [1.82, 2.24) is 0 Å². The molecule has 1 heterocycles. The van der Waals surface area contributed by atoms with E-state index in [0.717, 1.165) is 17.0 Å². The third kappa shape index (κ3) is 2.75. The van der Waals surface area contributed by atoms with Crippen LogP contribution in [0.1, 0.15) is 35.3 Å². The van der Waals surface area contributed by atoms with Gasteiger partial charge in [-0.05, 0) is 69.9 Å². The van der Waals surface area contributed by atoms with Gasteiger partial charge in [-0.15, -0.1) is 0 Å². The molecule has 0 saturated heterocycles. The number of nitrogens with zero attached hydrogens (tertiary/aromatic N) is 1. The van der Waals surface area contributed by atoms with Crippen molar-refractivity contribution >= 4 is 55.8 Å². The smallest absolute Gasteiger partial charge is 0.335 e. The highest BCUT2D eigenvalue weighted by Gasteiger charge is 2.43. The molecular weight excluding hydrogens is 406 g/mol. The lowest BCUT2D eigenvalue weighted by atomic mass is 9.80. The maximum absolute atomic E-state index is 11.5. The standard InChI is InChI=1S/C30H23NO2/c1-30(2)24-17-22(29(32)33)12-15-25(24)31(3)26(30)16-13-18-7-8-21-10-9-19-5-4-6-20-11-14-23(18)28(21)27(19)20/h4-17H,1-3H3/p+1/b16-13+. The van der Waals surface area contributed by atoms with Gasteiger partial charge >= 0.3 is 5.97 Å².